The van der Waals surface area contributed by atoms with E-state index in [0.29, 0.717) is 6.42 Å². The summed E-state index contributed by atoms with van der Waals surface area (Å²) in [5, 5.41) is 0. The molecule has 0 saturated heterocycles. The standard InChI is InChI=1S/C20H24N2O/c1-3-22-18-12-11-16(13-15(18)8-6-10-19(22)23)20(21)17-9-5-4-7-14(17)2/h4-5,7,9,11-13,20H,3,6,8,10,21H2,1-2H3. The molecule has 0 spiro atoms. The molecule has 3 heteroatoms. The van der Waals surface area contributed by atoms with Crippen LogP contribution in [-0.4, -0.2) is 12.5 Å². The number of nitrogens with two attached hydrogens (primary N) is 1. The third-order valence-electron chi connectivity index (χ3n) is 4.73. The molecule has 1 aliphatic rings. The number of rotatable bonds is 3. The molecule has 120 valence electrons. The summed E-state index contributed by atoms with van der Waals surface area (Å²) in [6.07, 6.45) is 2.47. The van der Waals surface area contributed by atoms with Crippen LogP contribution in [0.15, 0.2) is 42.5 Å². The molecule has 1 atom stereocenters. The molecule has 1 amide bonds. The van der Waals surface area contributed by atoms with Gasteiger partial charge in [0, 0.05) is 18.7 Å². The SMILES string of the molecule is CCN1C(=O)CCCc2cc(C(N)c3ccccc3C)ccc21. The number of hydrogen-bond acceptors (Lipinski definition) is 2. The lowest BCUT2D eigenvalue weighted by atomic mass is 9.93. The zero-order valence-electron chi connectivity index (χ0n) is 13.9. The van der Waals surface area contributed by atoms with E-state index < -0.39 is 0 Å². The Labute approximate surface area is 138 Å². The fourth-order valence-electron chi connectivity index (χ4n) is 3.42. The minimum Gasteiger partial charge on any atom is -0.320 e. The second-order valence-corrected chi connectivity index (χ2v) is 6.21. The molecule has 0 aromatic heterocycles. The van der Waals surface area contributed by atoms with E-state index in [9.17, 15) is 4.79 Å². The number of hydrogen-bond donors (Lipinski definition) is 1. The van der Waals surface area contributed by atoms with Crippen molar-refractivity contribution in [3.63, 3.8) is 0 Å². The van der Waals surface area contributed by atoms with E-state index in [2.05, 4.69) is 37.3 Å². The fraction of sp³-hybridized carbons (Fsp3) is 0.350. The highest BCUT2D eigenvalue weighted by atomic mass is 16.2. The Morgan fingerprint density at radius 3 is 2.70 bits per heavy atom. The van der Waals surface area contributed by atoms with E-state index in [-0.39, 0.29) is 11.9 Å². The molecule has 0 bridgehead atoms. The lowest BCUT2D eigenvalue weighted by molar-refractivity contribution is -0.118. The Hall–Kier alpha value is -2.13. The normalized spacial score (nSPS) is 16.0. The van der Waals surface area contributed by atoms with Gasteiger partial charge < -0.3 is 10.6 Å². The van der Waals surface area contributed by atoms with Gasteiger partial charge in [-0.25, -0.2) is 0 Å². The first-order valence-corrected chi connectivity index (χ1v) is 8.36. The first-order valence-electron chi connectivity index (χ1n) is 8.36. The van der Waals surface area contributed by atoms with Gasteiger partial charge in [-0.3, -0.25) is 4.79 Å². The molecule has 1 aliphatic heterocycles. The summed E-state index contributed by atoms with van der Waals surface area (Å²) in [5.41, 5.74) is 12.3. The van der Waals surface area contributed by atoms with Crippen molar-refractivity contribution in [2.75, 3.05) is 11.4 Å². The summed E-state index contributed by atoms with van der Waals surface area (Å²) in [4.78, 5) is 14.1. The van der Waals surface area contributed by atoms with Crippen molar-refractivity contribution < 1.29 is 4.79 Å². The number of carbonyl (C=O) groups is 1. The van der Waals surface area contributed by atoms with Crippen LogP contribution in [0.25, 0.3) is 0 Å². The average Bonchev–Trinajstić information content (AvgIpc) is 2.71. The third-order valence-corrected chi connectivity index (χ3v) is 4.73. The van der Waals surface area contributed by atoms with Crippen molar-refractivity contribution in [2.24, 2.45) is 5.73 Å². The second-order valence-electron chi connectivity index (χ2n) is 6.21. The van der Waals surface area contributed by atoms with Gasteiger partial charge in [0.05, 0.1) is 6.04 Å². The molecule has 0 radical (unpaired) electrons. The molecule has 2 N–H and O–H groups in total. The fourth-order valence-corrected chi connectivity index (χ4v) is 3.42. The number of fused-ring (bicyclic) bond motifs is 1. The Bertz CT molecular complexity index is 723. The Morgan fingerprint density at radius 1 is 1.17 bits per heavy atom. The highest BCUT2D eigenvalue weighted by molar-refractivity contribution is 5.94. The van der Waals surface area contributed by atoms with Gasteiger partial charge >= 0.3 is 0 Å². The molecular formula is C20H24N2O. The van der Waals surface area contributed by atoms with Gasteiger partial charge in [-0.05, 0) is 55.0 Å². The van der Waals surface area contributed by atoms with Crippen molar-refractivity contribution in [2.45, 2.75) is 39.2 Å². The quantitative estimate of drug-likeness (QED) is 0.939. The van der Waals surface area contributed by atoms with Gasteiger partial charge in [0.25, 0.3) is 0 Å². The minimum absolute atomic E-state index is 0.129. The van der Waals surface area contributed by atoms with E-state index in [1.807, 2.05) is 24.0 Å². The number of anilines is 1. The summed E-state index contributed by atoms with van der Waals surface area (Å²) in [7, 11) is 0. The molecule has 0 fully saturated rings. The first kappa shape index (κ1) is 15.8. The third kappa shape index (κ3) is 3.02. The van der Waals surface area contributed by atoms with Gasteiger partial charge in [-0.15, -0.1) is 0 Å². The van der Waals surface area contributed by atoms with Gasteiger partial charge in [-0.2, -0.15) is 0 Å². The van der Waals surface area contributed by atoms with Crippen LogP contribution in [-0.2, 0) is 11.2 Å². The van der Waals surface area contributed by atoms with Crippen LogP contribution in [0.3, 0.4) is 0 Å². The number of carbonyl (C=O) groups excluding carboxylic acids is 1. The molecule has 1 unspecified atom stereocenters. The number of nitrogens with zero attached hydrogens (tertiary/aromatic N) is 1. The van der Waals surface area contributed by atoms with Crippen LogP contribution < -0.4 is 10.6 Å². The van der Waals surface area contributed by atoms with E-state index in [4.69, 9.17) is 5.73 Å². The molecule has 2 aromatic rings. The highest BCUT2D eigenvalue weighted by Crippen LogP contribution is 2.31. The number of aryl methyl sites for hydroxylation is 2. The molecule has 2 aromatic carbocycles. The molecular weight excluding hydrogens is 284 g/mol. The zero-order chi connectivity index (χ0) is 16.4. The van der Waals surface area contributed by atoms with Crippen molar-refractivity contribution >= 4 is 11.6 Å². The molecule has 0 saturated carbocycles. The van der Waals surface area contributed by atoms with Crippen LogP contribution >= 0.6 is 0 Å². The predicted octanol–water partition coefficient (Wildman–Crippen LogP) is 3.73. The molecule has 1 heterocycles. The van der Waals surface area contributed by atoms with Crippen molar-refractivity contribution in [3.8, 4) is 0 Å². The molecule has 3 rings (SSSR count). The summed E-state index contributed by atoms with van der Waals surface area (Å²) < 4.78 is 0. The van der Waals surface area contributed by atoms with Crippen LogP contribution in [0.5, 0.6) is 0 Å². The smallest absolute Gasteiger partial charge is 0.226 e. The summed E-state index contributed by atoms with van der Waals surface area (Å²) in [6, 6.07) is 14.4. The maximum Gasteiger partial charge on any atom is 0.226 e. The lowest BCUT2D eigenvalue weighted by Crippen LogP contribution is -2.29. The van der Waals surface area contributed by atoms with Gasteiger partial charge in [0.15, 0.2) is 0 Å². The monoisotopic (exact) mass is 308 g/mol. The lowest BCUT2D eigenvalue weighted by Gasteiger charge is -2.23. The van der Waals surface area contributed by atoms with E-state index in [1.54, 1.807) is 0 Å². The molecule has 3 nitrogen and oxygen atoms in total. The Morgan fingerprint density at radius 2 is 1.96 bits per heavy atom. The number of benzene rings is 2. The van der Waals surface area contributed by atoms with Crippen molar-refractivity contribution in [1.82, 2.24) is 0 Å². The largest absolute Gasteiger partial charge is 0.320 e. The van der Waals surface area contributed by atoms with Crippen molar-refractivity contribution in [3.05, 3.63) is 64.7 Å². The van der Waals surface area contributed by atoms with Crippen LogP contribution in [0.2, 0.25) is 0 Å². The van der Waals surface area contributed by atoms with Crippen LogP contribution in [0, 0.1) is 6.92 Å². The summed E-state index contributed by atoms with van der Waals surface area (Å²) in [6.45, 7) is 4.84. The number of amides is 1. The van der Waals surface area contributed by atoms with E-state index in [1.165, 1.54) is 11.1 Å². The zero-order valence-corrected chi connectivity index (χ0v) is 13.9. The summed E-state index contributed by atoms with van der Waals surface area (Å²) in [5.74, 6) is 0.224. The highest BCUT2D eigenvalue weighted by Gasteiger charge is 2.22. The van der Waals surface area contributed by atoms with Gasteiger partial charge in [0.2, 0.25) is 5.91 Å². The maximum atomic E-state index is 12.2. The minimum atomic E-state index is -0.129. The van der Waals surface area contributed by atoms with Gasteiger partial charge in [-0.1, -0.05) is 36.4 Å². The predicted molar refractivity (Wildman–Crippen MR) is 94.6 cm³/mol. The first-order chi connectivity index (χ1) is 11.1. The van der Waals surface area contributed by atoms with Gasteiger partial charge in [0.1, 0.15) is 0 Å². The van der Waals surface area contributed by atoms with Crippen LogP contribution in [0.4, 0.5) is 5.69 Å². The Balaban J connectivity index is 1.99. The van der Waals surface area contributed by atoms with Crippen LogP contribution in [0.1, 0.15) is 48.1 Å². The van der Waals surface area contributed by atoms with E-state index in [0.717, 1.165) is 36.2 Å². The van der Waals surface area contributed by atoms with Crippen molar-refractivity contribution in [1.29, 1.82) is 0 Å². The Kier molecular flexibility index (Phi) is 4.49. The van der Waals surface area contributed by atoms with E-state index >= 15 is 0 Å². The maximum absolute atomic E-state index is 12.2. The molecule has 0 aliphatic carbocycles. The topological polar surface area (TPSA) is 46.3 Å². The average molecular weight is 308 g/mol. The molecule has 23 heavy (non-hydrogen) atoms. The second kappa shape index (κ2) is 6.55. The summed E-state index contributed by atoms with van der Waals surface area (Å²) >= 11 is 0.